The van der Waals surface area contributed by atoms with Gasteiger partial charge in [-0.3, -0.25) is 4.68 Å². The number of ether oxygens (including phenoxy) is 1. The number of hydrogen-bond donors (Lipinski definition) is 1. The molecule has 0 radical (unpaired) electrons. The smallest absolute Gasteiger partial charge is 0.419 e. The third kappa shape index (κ3) is 4.14. The van der Waals surface area contributed by atoms with Gasteiger partial charge in [0, 0.05) is 42.5 Å². The van der Waals surface area contributed by atoms with E-state index in [0.29, 0.717) is 30.6 Å². The summed E-state index contributed by atoms with van der Waals surface area (Å²) in [6, 6.07) is 2.87. The highest BCUT2D eigenvalue weighted by Crippen LogP contribution is 2.59. The van der Waals surface area contributed by atoms with E-state index in [4.69, 9.17) is 10.5 Å². The zero-order chi connectivity index (χ0) is 23.6. The standard InChI is InChI=1S/C22H28F3N5O2/c1-11(2)30-17(18-13-9-29(10-14(13)18)20(31)32-21(3,4)5)7-16(28-30)12-6-15(22(23,24)25)19(26)27-8-12/h6-8,11,13-14,18H,9-10H2,1-5H3,(H2,26,27)/t13-,14+,18?. The molecule has 10 heteroatoms. The van der Waals surface area contributed by atoms with Crippen LogP contribution in [0.4, 0.5) is 23.8 Å². The predicted octanol–water partition coefficient (Wildman–Crippen LogP) is 4.71. The Hall–Kier alpha value is -2.78. The molecule has 1 saturated heterocycles. The van der Waals surface area contributed by atoms with Crippen LogP contribution in [-0.4, -0.2) is 44.4 Å². The Morgan fingerprint density at radius 2 is 1.81 bits per heavy atom. The van der Waals surface area contributed by atoms with E-state index in [1.807, 2.05) is 45.4 Å². The van der Waals surface area contributed by atoms with Gasteiger partial charge in [0.2, 0.25) is 0 Å². The number of nitrogen functional groups attached to an aromatic ring is 1. The Morgan fingerprint density at radius 3 is 2.34 bits per heavy atom. The number of hydrogen-bond acceptors (Lipinski definition) is 5. The Morgan fingerprint density at radius 1 is 1.19 bits per heavy atom. The molecule has 2 aromatic rings. The molecule has 7 nitrogen and oxygen atoms in total. The number of alkyl halides is 3. The number of rotatable bonds is 3. The van der Waals surface area contributed by atoms with Crippen LogP contribution in [0.15, 0.2) is 18.3 Å². The maximum atomic E-state index is 13.3. The molecule has 3 heterocycles. The molecule has 2 aliphatic rings. The number of fused-ring (bicyclic) bond motifs is 1. The summed E-state index contributed by atoms with van der Waals surface area (Å²) in [5.41, 5.74) is 5.60. The fraction of sp³-hybridized carbons (Fsp3) is 0.591. The Labute approximate surface area is 184 Å². The maximum Gasteiger partial charge on any atom is 0.419 e. The molecule has 2 aromatic heterocycles. The van der Waals surface area contributed by atoms with E-state index in [-0.39, 0.29) is 23.6 Å². The van der Waals surface area contributed by atoms with Gasteiger partial charge in [-0.05, 0) is 58.6 Å². The number of carbonyl (C=O) groups is 1. The van der Waals surface area contributed by atoms with E-state index in [9.17, 15) is 18.0 Å². The number of likely N-dealkylation sites (tertiary alicyclic amines) is 1. The molecular formula is C22H28F3N5O2. The molecule has 1 amide bonds. The SMILES string of the molecule is CC(C)n1nc(-c2cnc(N)c(C(F)(F)F)c2)cc1C1[C@H]2CN(C(=O)OC(C)(C)C)C[C@@H]12. The van der Waals surface area contributed by atoms with Gasteiger partial charge in [-0.2, -0.15) is 18.3 Å². The molecule has 1 saturated carbocycles. The number of pyridine rings is 1. The van der Waals surface area contributed by atoms with Gasteiger partial charge in [0.05, 0.1) is 11.3 Å². The molecule has 0 aromatic carbocycles. The van der Waals surface area contributed by atoms with Crippen molar-refractivity contribution in [2.24, 2.45) is 11.8 Å². The van der Waals surface area contributed by atoms with Gasteiger partial charge in [0.1, 0.15) is 11.4 Å². The van der Waals surface area contributed by atoms with Crippen molar-refractivity contribution in [2.75, 3.05) is 18.8 Å². The van der Waals surface area contributed by atoms with Crippen molar-refractivity contribution < 1.29 is 22.7 Å². The molecule has 3 atom stereocenters. The number of aromatic nitrogens is 3. The Kier molecular flexibility index (Phi) is 5.17. The van der Waals surface area contributed by atoms with Gasteiger partial charge < -0.3 is 15.4 Å². The fourth-order valence-electron chi connectivity index (χ4n) is 4.50. The van der Waals surface area contributed by atoms with Gasteiger partial charge in [0.15, 0.2) is 0 Å². The highest BCUT2D eigenvalue weighted by Gasteiger charge is 2.59. The Balaban J connectivity index is 1.56. The molecular weight excluding hydrogens is 423 g/mol. The van der Waals surface area contributed by atoms with Crippen LogP contribution in [0.25, 0.3) is 11.3 Å². The van der Waals surface area contributed by atoms with Gasteiger partial charge in [0.25, 0.3) is 0 Å². The second-order valence-electron chi connectivity index (χ2n) is 9.89. The van der Waals surface area contributed by atoms with Crippen LogP contribution in [0, 0.1) is 11.8 Å². The molecule has 32 heavy (non-hydrogen) atoms. The normalized spacial score (nSPS) is 22.9. The molecule has 2 fully saturated rings. The van der Waals surface area contributed by atoms with Crippen molar-refractivity contribution >= 4 is 11.9 Å². The quantitative estimate of drug-likeness (QED) is 0.731. The highest BCUT2D eigenvalue weighted by atomic mass is 19.4. The van der Waals surface area contributed by atoms with Crippen molar-refractivity contribution in [3.05, 3.63) is 29.6 Å². The summed E-state index contributed by atoms with van der Waals surface area (Å²) in [7, 11) is 0. The average Bonchev–Trinajstić information content (AvgIpc) is 3.03. The summed E-state index contributed by atoms with van der Waals surface area (Å²) >= 11 is 0. The highest BCUT2D eigenvalue weighted by molar-refractivity contribution is 5.69. The van der Waals surface area contributed by atoms with Crippen molar-refractivity contribution in [1.82, 2.24) is 19.7 Å². The number of anilines is 1. The van der Waals surface area contributed by atoms with E-state index in [1.165, 1.54) is 6.20 Å². The monoisotopic (exact) mass is 451 g/mol. The molecule has 174 valence electrons. The topological polar surface area (TPSA) is 86.3 Å². The minimum absolute atomic E-state index is 0.0332. The number of piperidine rings is 1. The van der Waals surface area contributed by atoms with Crippen LogP contribution in [0.2, 0.25) is 0 Å². The van der Waals surface area contributed by atoms with Crippen LogP contribution >= 0.6 is 0 Å². The van der Waals surface area contributed by atoms with Gasteiger partial charge >= 0.3 is 12.3 Å². The molecule has 1 aliphatic heterocycles. The van der Waals surface area contributed by atoms with Crippen molar-refractivity contribution in [3.63, 3.8) is 0 Å². The zero-order valence-electron chi connectivity index (χ0n) is 18.8. The number of nitrogens with zero attached hydrogens (tertiary/aromatic N) is 4. The average molecular weight is 451 g/mol. The number of amides is 1. The molecule has 1 unspecified atom stereocenters. The fourth-order valence-corrected chi connectivity index (χ4v) is 4.50. The first-order valence-corrected chi connectivity index (χ1v) is 10.7. The lowest BCUT2D eigenvalue weighted by Crippen LogP contribution is -2.37. The number of carbonyl (C=O) groups excluding carboxylic acids is 1. The minimum atomic E-state index is -4.59. The first-order valence-electron chi connectivity index (χ1n) is 10.7. The largest absolute Gasteiger partial charge is 0.444 e. The summed E-state index contributed by atoms with van der Waals surface area (Å²) in [4.78, 5) is 17.8. The zero-order valence-corrected chi connectivity index (χ0v) is 18.8. The summed E-state index contributed by atoms with van der Waals surface area (Å²) in [5, 5.41) is 4.59. The van der Waals surface area contributed by atoms with Gasteiger partial charge in [-0.1, -0.05) is 0 Å². The van der Waals surface area contributed by atoms with Crippen LogP contribution in [0.3, 0.4) is 0 Å². The minimum Gasteiger partial charge on any atom is -0.444 e. The lowest BCUT2D eigenvalue weighted by Gasteiger charge is -2.26. The van der Waals surface area contributed by atoms with Crippen molar-refractivity contribution in [2.45, 2.75) is 58.4 Å². The molecule has 2 N–H and O–H groups in total. The van der Waals surface area contributed by atoms with Crippen LogP contribution < -0.4 is 5.73 Å². The maximum absolute atomic E-state index is 13.3. The Bertz CT molecular complexity index is 1030. The summed E-state index contributed by atoms with van der Waals surface area (Å²) < 4.78 is 47.1. The van der Waals surface area contributed by atoms with Crippen LogP contribution in [0.5, 0.6) is 0 Å². The summed E-state index contributed by atoms with van der Waals surface area (Å²) in [6.45, 7) is 10.7. The summed E-state index contributed by atoms with van der Waals surface area (Å²) in [6.07, 6.45) is -3.58. The first kappa shape index (κ1) is 22.4. The van der Waals surface area contributed by atoms with Gasteiger partial charge in [-0.25, -0.2) is 9.78 Å². The number of halogens is 3. The van der Waals surface area contributed by atoms with E-state index < -0.39 is 23.2 Å². The second kappa shape index (κ2) is 7.38. The van der Waals surface area contributed by atoms with E-state index in [0.717, 1.165) is 11.8 Å². The van der Waals surface area contributed by atoms with E-state index in [2.05, 4.69) is 10.1 Å². The molecule has 0 spiro atoms. The van der Waals surface area contributed by atoms with Crippen LogP contribution in [0.1, 0.15) is 57.8 Å². The van der Waals surface area contributed by atoms with E-state index in [1.54, 1.807) is 4.90 Å². The predicted molar refractivity (Wildman–Crippen MR) is 113 cm³/mol. The second-order valence-corrected chi connectivity index (χ2v) is 9.89. The summed E-state index contributed by atoms with van der Waals surface area (Å²) in [5.74, 6) is 0.240. The van der Waals surface area contributed by atoms with Crippen molar-refractivity contribution in [1.29, 1.82) is 0 Å². The molecule has 4 rings (SSSR count). The van der Waals surface area contributed by atoms with Crippen molar-refractivity contribution in [3.8, 4) is 11.3 Å². The first-order chi connectivity index (χ1) is 14.8. The number of nitrogens with two attached hydrogens (primary N) is 1. The third-order valence-electron chi connectivity index (χ3n) is 5.96. The molecule has 0 bridgehead atoms. The third-order valence-corrected chi connectivity index (χ3v) is 5.96. The lowest BCUT2D eigenvalue weighted by molar-refractivity contribution is -0.137. The van der Waals surface area contributed by atoms with Crippen LogP contribution in [-0.2, 0) is 10.9 Å². The lowest BCUT2D eigenvalue weighted by atomic mass is 10.1. The van der Waals surface area contributed by atoms with Gasteiger partial charge in [-0.15, -0.1) is 0 Å². The molecule has 1 aliphatic carbocycles. The van der Waals surface area contributed by atoms with E-state index >= 15 is 0 Å².